The number of aromatic amines is 1. The minimum atomic E-state index is -1.40. The third-order valence-electron chi connectivity index (χ3n) is 8.98. The molecule has 7 nitrogen and oxygen atoms in total. The Morgan fingerprint density at radius 1 is 1.21 bits per heavy atom. The lowest BCUT2D eigenvalue weighted by atomic mass is 9.63. The summed E-state index contributed by atoms with van der Waals surface area (Å²) in [6.07, 6.45) is 2.35. The number of anilines is 1. The van der Waals surface area contributed by atoms with E-state index in [2.05, 4.69) is 4.98 Å². The first-order valence-electron chi connectivity index (χ1n) is 13.5. The molecule has 1 aliphatic heterocycles. The number of hydrogen-bond donors (Lipinski definition) is 4. The van der Waals surface area contributed by atoms with Crippen molar-refractivity contribution < 1.29 is 29.2 Å². The van der Waals surface area contributed by atoms with Gasteiger partial charge in [0.1, 0.15) is 11.6 Å². The molecule has 0 bridgehead atoms. The summed E-state index contributed by atoms with van der Waals surface area (Å²) in [5.41, 5.74) is 0.921. The molecule has 1 saturated carbocycles. The fourth-order valence-corrected chi connectivity index (χ4v) is 7.16. The van der Waals surface area contributed by atoms with Gasteiger partial charge < -0.3 is 34.7 Å². The number of aliphatic hydroxyl groups excluding tert-OH is 2. The van der Waals surface area contributed by atoms with E-state index in [4.69, 9.17) is 9.47 Å². The maximum absolute atomic E-state index is 14.1. The molecule has 0 radical (unpaired) electrons. The Bertz CT molecular complexity index is 1350. The Hall–Kier alpha value is -2.91. The standard InChI is InChI=1S/C31H39FN2O5/c1-18(2)6-13-26(36)30(3)28-27(39-5)25(35)14-15-31(28,37)29(34(30)20-9-7-19(32)8-10-20)23-17-33-24-12-11-21(38-4)16-22(23)24/h6-12,16-17,25-29,33,35-37H,13-15H2,1-5H3/t25-,26-,27-,28-,29+,30-,31-/m1/s1. The lowest BCUT2D eigenvalue weighted by molar-refractivity contribution is -0.171. The monoisotopic (exact) mass is 538 g/mol. The zero-order chi connectivity index (χ0) is 28.1. The molecule has 39 heavy (non-hydrogen) atoms. The molecule has 2 heterocycles. The number of methoxy groups -OCH3 is 2. The summed E-state index contributed by atoms with van der Waals surface area (Å²) in [7, 11) is 3.15. The number of rotatable bonds is 7. The number of allylic oxidation sites excluding steroid dienone is 1. The van der Waals surface area contributed by atoms with Gasteiger partial charge in [-0.3, -0.25) is 0 Å². The van der Waals surface area contributed by atoms with Crippen molar-refractivity contribution in [2.24, 2.45) is 5.92 Å². The van der Waals surface area contributed by atoms with Gasteiger partial charge in [0.2, 0.25) is 0 Å². The van der Waals surface area contributed by atoms with Crippen LogP contribution in [-0.4, -0.2) is 64.0 Å². The van der Waals surface area contributed by atoms with Crippen molar-refractivity contribution in [2.45, 2.75) is 75.5 Å². The number of hydrogen-bond acceptors (Lipinski definition) is 6. The van der Waals surface area contributed by atoms with E-state index < -0.39 is 41.4 Å². The van der Waals surface area contributed by atoms with Crippen LogP contribution in [0.4, 0.5) is 10.1 Å². The zero-order valence-corrected chi connectivity index (χ0v) is 23.2. The molecule has 2 aromatic carbocycles. The van der Waals surface area contributed by atoms with Gasteiger partial charge in [-0.25, -0.2) is 4.39 Å². The first-order valence-corrected chi connectivity index (χ1v) is 13.5. The minimum absolute atomic E-state index is 0.294. The van der Waals surface area contributed by atoms with Gasteiger partial charge >= 0.3 is 0 Å². The zero-order valence-electron chi connectivity index (χ0n) is 23.2. The highest BCUT2D eigenvalue weighted by atomic mass is 19.1. The third-order valence-corrected chi connectivity index (χ3v) is 8.98. The maximum Gasteiger partial charge on any atom is 0.123 e. The fourth-order valence-electron chi connectivity index (χ4n) is 7.16. The molecule has 7 atom stereocenters. The predicted octanol–water partition coefficient (Wildman–Crippen LogP) is 4.87. The molecule has 0 unspecified atom stereocenters. The average Bonchev–Trinajstić information content (AvgIpc) is 3.42. The van der Waals surface area contributed by atoms with Crippen molar-refractivity contribution in [1.82, 2.24) is 4.98 Å². The van der Waals surface area contributed by atoms with Gasteiger partial charge in [-0.15, -0.1) is 0 Å². The number of aromatic nitrogens is 1. The lowest BCUT2D eigenvalue weighted by Crippen LogP contribution is -2.63. The van der Waals surface area contributed by atoms with Crippen LogP contribution in [0.1, 0.15) is 51.6 Å². The first-order chi connectivity index (χ1) is 18.6. The highest BCUT2D eigenvalue weighted by molar-refractivity contribution is 5.86. The van der Waals surface area contributed by atoms with Crippen LogP contribution in [-0.2, 0) is 4.74 Å². The normalized spacial score (nSPS) is 31.3. The van der Waals surface area contributed by atoms with E-state index in [0.29, 0.717) is 30.7 Å². The molecule has 2 fully saturated rings. The third kappa shape index (κ3) is 4.34. The SMILES string of the molecule is COc1ccc2[nH]cc([C@@H]3N(c4ccc(F)cc4)[C@](C)([C@H](O)CC=C(C)C)[C@H]4[C@H](OC)[C@H](O)CC[C@]34O)c2c1. The van der Waals surface area contributed by atoms with Crippen LogP contribution in [0, 0.1) is 11.7 Å². The molecule has 8 heteroatoms. The molecule has 5 rings (SSSR count). The molecule has 4 N–H and O–H groups in total. The molecule has 0 spiro atoms. The van der Waals surface area contributed by atoms with Crippen LogP contribution in [0.2, 0.25) is 0 Å². The van der Waals surface area contributed by atoms with Crippen molar-refractivity contribution in [3.05, 3.63) is 71.7 Å². The maximum atomic E-state index is 14.1. The summed E-state index contributed by atoms with van der Waals surface area (Å²) in [6, 6.07) is 11.2. The highest BCUT2D eigenvalue weighted by Gasteiger charge is 2.71. The highest BCUT2D eigenvalue weighted by Crippen LogP contribution is 2.62. The second-order valence-electron chi connectivity index (χ2n) is 11.4. The Morgan fingerprint density at radius 2 is 1.92 bits per heavy atom. The molecular weight excluding hydrogens is 499 g/mol. The molecule has 0 amide bonds. The summed E-state index contributed by atoms with van der Waals surface area (Å²) in [6.45, 7) is 5.87. The topological polar surface area (TPSA) is 98.2 Å². The number of nitrogens with zero attached hydrogens (tertiary/aromatic N) is 1. The van der Waals surface area contributed by atoms with Crippen LogP contribution in [0.5, 0.6) is 5.75 Å². The van der Waals surface area contributed by atoms with E-state index in [0.717, 1.165) is 22.0 Å². The average molecular weight is 539 g/mol. The number of H-pyrrole nitrogens is 1. The number of fused-ring (bicyclic) bond motifs is 2. The van der Waals surface area contributed by atoms with Crippen LogP contribution < -0.4 is 9.64 Å². The van der Waals surface area contributed by atoms with Crippen molar-refractivity contribution in [2.75, 3.05) is 19.1 Å². The number of halogens is 1. The van der Waals surface area contributed by atoms with E-state index in [9.17, 15) is 19.7 Å². The van der Waals surface area contributed by atoms with E-state index >= 15 is 0 Å². The van der Waals surface area contributed by atoms with Crippen LogP contribution >= 0.6 is 0 Å². The smallest absolute Gasteiger partial charge is 0.123 e. The summed E-state index contributed by atoms with van der Waals surface area (Å²) in [5.74, 6) is -0.372. The van der Waals surface area contributed by atoms with Crippen molar-refractivity contribution in [3.63, 3.8) is 0 Å². The largest absolute Gasteiger partial charge is 0.497 e. The van der Waals surface area contributed by atoms with Gasteiger partial charge in [0, 0.05) is 41.4 Å². The quantitative estimate of drug-likeness (QED) is 0.321. The second kappa shape index (κ2) is 10.2. The molecule has 1 saturated heterocycles. The minimum Gasteiger partial charge on any atom is -0.497 e. The summed E-state index contributed by atoms with van der Waals surface area (Å²) < 4.78 is 25.6. The summed E-state index contributed by atoms with van der Waals surface area (Å²) in [5, 5.41) is 36.8. The van der Waals surface area contributed by atoms with Crippen molar-refractivity contribution in [3.8, 4) is 5.75 Å². The molecule has 2 aliphatic rings. The summed E-state index contributed by atoms with van der Waals surface area (Å²) >= 11 is 0. The van der Waals surface area contributed by atoms with Gasteiger partial charge in [0.15, 0.2) is 0 Å². The number of benzene rings is 2. The number of ether oxygens (including phenoxy) is 2. The van der Waals surface area contributed by atoms with Gasteiger partial charge in [0.05, 0.1) is 42.6 Å². The second-order valence-corrected chi connectivity index (χ2v) is 11.4. The van der Waals surface area contributed by atoms with Crippen LogP contribution in [0.3, 0.4) is 0 Å². The van der Waals surface area contributed by atoms with E-state index in [1.807, 2.05) is 56.1 Å². The molecule has 1 aliphatic carbocycles. The van der Waals surface area contributed by atoms with E-state index in [1.54, 1.807) is 19.2 Å². The fraction of sp³-hybridized carbons (Fsp3) is 0.484. The Kier molecular flexibility index (Phi) is 7.26. The molecule has 210 valence electrons. The van der Waals surface area contributed by atoms with Gasteiger partial charge in [-0.2, -0.15) is 0 Å². The number of nitrogens with one attached hydrogen (secondary N) is 1. The van der Waals surface area contributed by atoms with Crippen molar-refractivity contribution in [1.29, 1.82) is 0 Å². The predicted molar refractivity (Wildman–Crippen MR) is 149 cm³/mol. The van der Waals surface area contributed by atoms with Gasteiger partial charge in [-0.1, -0.05) is 11.6 Å². The van der Waals surface area contributed by atoms with Crippen molar-refractivity contribution >= 4 is 16.6 Å². The Balaban J connectivity index is 1.81. The lowest BCUT2D eigenvalue weighted by Gasteiger charge is -2.50. The van der Waals surface area contributed by atoms with E-state index in [-0.39, 0.29) is 5.82 Å². The van der Waals surface area contributed by atoms with Gasteiger partial charge in [0.25, 0.3) is 0 Å². The first kappa shape index (κ1) is 27.6. The number of aliphatic hydroxyl groups is 3. The molecule has 3 aromatic rings. The van der Waals surface area contributed by atoms with Crippen LogP contribution in [0.25, 0.3) is 10.9 Å². The Labute approximate surface area is 228 Å². The summed E-state index contributed by atoms with van der Waals surface area (Å²) in [4.78, 5) is 5.37. The Morgan fingerprint density at radius 3 is 2.56 bits per heavy atom. The van der Waals surface area contributed by atoms with Gasteiger partial charge in [-0.05, 0) is 82.5 Å². The molecule has 1 aromatic heterocycles. The molecular formula is C31H39FN2O5. The van der Waals surface area contributed by atoms with Crippen LogP contribution in [0.15, 0.2) is 60.3 Å². The van der Waals surface area contributed by atoms with E-state index in [1.165, 1.54) is 19.2 Å².